The van der Waals surface area contributed by atoms with Gasteiger partial charge in [-0.15, -0.1) is 0 Å². The molecule has 4 atom stereocenters. The first-order valence-corrected chi connectivity index (χ1v) is 9.40. The third kappa shape index (κ3) is 2.16. The van der Waals surface area contributed by atoms with Crippen molar-refractivity contribution >= 4 is 11.4 Å². The highest BCUT2D eigenvalue weighted by Gasteiger charge is 2.53. The van der Waals surface area contributed by atoms with E-state index in [1.54, 1.807) is 0 Å². The highest BCUT2D eigenvalue weighted by Crippen LogP contribution is 2.64. The van der Waals surface area contributed by atoms with E-state index in [0.29, 0.717) is 11.8 Å². The zero-order valence-corrected chi connectivity index (χ0v) is 14.1. The Bertz CT molecular complexity index is 672. The van der Waals surface area contributed by atoms with E-state index in [9.17, 15) is 0 Å². The van der Waals surface area contributed by atoms with Gasteiger partial charge in [0.15, 0.2) is 0 Å². The topological polar surface area (TPSA) is 52.0 Å². The number of hydrogen-bond donors (Lipinski definition) is 2. The van der Waals surface area contributed by atoms with Crippen molar-refractivity contribution in [3.05, 3.63) is 59.7 Å². The van der Waals surface area contributed by atoms with Crippen LogP contribution in [0.3, 0.4) is 0 Å². The van der Waals surface area contributed by atoms with Crippen LogP contribution in [0.4, 0.5) is 11.4 Å². The van der Waals surface area contributed by atoms with Crippen LogP contribution in [0.5, 0.6) is 0 Å². The molecule has 0 spiro atoms. The molecule has 4 N–H and O–H groups in total. The molecule has 4 aliphatic rings. The normalized spacial score (nSPS) is 36.8. The van der Waals surface area contributed by atoms with Gasteiger partial charge in [0.05, 0.1) is 0 Å². The molecule has 4 bridgehead atoms. The molecule has 4 saturated carbocycles. The highest BCUT2D eigenvalue weighted by molar-refractivity contribution is 5.43. The molecule has 2 heteroatoms. The van der Waals surface area contributed by atoms with Crippen molar-refractivity contribution in [3.63, 3.8) is 0 Å². The number of rotatable bonds is 2. The minimum absolute atomic E-state index is 0.709. The minimum atomic E-state index is 0.709. The lowest BCUT2D eigenvalue weighted by Gasteiger charge is -2.59. The van der Waals surface area contributed by atoms with Crippen LogP contribution < -0.4 is 11.5 Å². The van der Waals surface area contributed by atoms with Crippen molar-refractivity contribution in [1.29, 1.82) is 0 Å². The van der Waals surface area contributed by atoms with Gasteiger partial charge in [-0.3, -0.25) is 0 Å². The molecular formula is C22H26N2. The van der Waals surface area contributed by atoms with Crippen LogP contribution in [0, 0.1) is 23.7 Å². The van der Waals surface area contributed by atoms with E-state index in [0.717, 1.165) is 35.0 Å². The lowest BCUT2D eigenvalue weighted by molar-refractivity contribution is -0.0241. The zero-order valence-electron chi connectivity index (χ0n) is 14.1. The molecule has 0 heterocycles. The molecule has 2 aromatic rings. The van der Waals surface area contributed by atoms with E-state index in [4.69, 9.17) is 11.5 Å². The largest absolute Gasteiger partial charge is 0.399 e. The van der Waals surface area contributed by atoms with Gasteiger partial charge >= 0.3 is 0 Å². The summed E-state index contributed by atoms with van der Waals surface area (Å²) in [5, 5.41) is 0. The molecule has 4 fully saturated rings. The molecule has 0 amide bonds. The van der Waals surface area contributed by atoms with Gasteiger partial charge in [-0.25, -0.2) is 0 Å². The average molecular weight is 318 g/mol. The van der Waals surface area contributed by atoms with Gasteiger partial charge in [-0.1, -0.05) is 24.3 Å². The van der Waals surface area contributed by atoms with Gasteiger partial charge in [-0.2, -0.15) is 0 Å². The third-order valence-corrected chi connectivity index (χ3v) is 7.06. The summed E-state index contributed by atoms with van der Waals surface area (Å²) >= 11 is 0. The van der Waals surface area contributed by atoms with E-state index in [2.05, 4.69) is 48.5 Å². The third-order valence-electron chi connectivity index (χ3n) is 7.06. The summed E-state index contributed by atoms with van der Waals surface area (Å²) < 4.78 is 0. The van der Waals surface area contributed by atoms with E-state index in [1.807, 2.05) is 0 Å². The summed E-state index contributed by atoms with van der Waals surface area (Å²) in [4.78, 5) is 0. The quantitative estimate of drug-likeness (QED) is 0.783. The Morgan fingerprint density at radius 2 is 1.04 bits per heavy atom. The van der Waals surface area contributed by atoms with Gasteiger partial charge in [0.25, 0.3) is 0 Å². The second-order valence-corrected chi connectivity index (χ2v) is 8.38. The Hall–Kier alpha value is -1.96. The van der Waals surface area contributed by atoms with Gasteiger partial charge in [0, 0.05) is 11.4 Å². The van der Waals surface area contributed by atoms with Gasteiger partial charge in [0.1, 0.15) is 0 Å². The van der Waals surface area contributed by atoms with Crippen LogP contribution in [-0.2, 0) is 0 Å². The summed E-state index contributed by atoms with van der Waals surface area (Å²) in [7, 11) is 0. The molecule has 0 radical (unpaired) electrons. The summed E-state index contributed by atoms with van der Waals surface area (Å²) in [5.41, 5.74) is 16.6. The van der Waals surface area contributed by atoms with E-state index in [-0.39, 0.29) is 0 Å². The molecule has 24 heavy (non-hydrogen) atoms. The van der Waals surface area contributed by atoms with Gasteiger partial charge in [-0.05, 0) is 96.6 Å². The number of hydrogen-bond acceptors (Lipinski definition) is 2. The summed E-state index contributed by atoms with van der Waals surface area (Å²) in [6, 6.07) is 17.4. The second kappa shape index (κ2) is 5.27. The van der Waals surface area contributed by atoms with E-state index >= 15 is 0 Å². The maximum atomic E-state index is 5.92. The molecule has 0 aliphatic heterocycles. The summed E-state index contributed by atoms with van der Waals surface area (Å²) in [6.45, 7) is 0. The first kappa shape index (κ1) is 14.4. The first-order valence-electron chi connectivity index (χ1n) is 9.40. The monoisotopic (exact) mass is 318 g/mol. The van der Waals surface area contributed by atoms with Crippen molar-refractivity contribution in [1.82, 2.24) is 0 Å². The zero-order chi connectivity index (χ0) is 16.3. The fourth-order valence-electron chi connectivity index (χ4n) is 6.39. The molecule has 0 aromatic heterocycles. The van der Waals surface area contributed by atoms with Crippen LogP contribution in [0.25, 0.3) is 0 Å². The SMILES string of the molecule is Nc1ccc(C2C3CC4CC(C3)C(c3ccc(N)cc3)C2C4)cc1. The standard InChI is InChI=1S/C22H26N2/c23-18-5-1-14(2-6-18)21-16-9-13-10-17(12-16)22(20(21)11-13)15-3-7-19(24)8-4-15/h1-8,13,16-17,20-22H,9-12,23-24H2. The van der Waals surface area contributed by atoms with Crippen LogP contribution in [0.15, 0.2) is 48.5 Å². The highest BCUT2D eigenvalue weighted by atomic mass is 14.6. The van der Waals surface area contributed by atoms with Crippen molar-refractivity contribution in [2.24, 2.45) is 23.7 Å². The van der Waals surface area contributed by atoms with Gasteiger partial charge in [0.2, 0.25) is 0 Å². The van der Waals surface area contributed by atoms with Crippen LogP contribution in [-0.4, -0.2) is 0 Å². The molecular weight excluding hydrogens is 292 g/mol. The van der Waals surface area contributed by atoms with Crippen LogP contribution in [0.2, 0.25) is 0 Å². The van der Waals surface area contributed by atoms with Crippen molar-refractivity contribution in [2.75, 3.05) is 11.5 Å². The maximum Gasteiger partial charge on any atom is 0.0314 e. The fourth-order valence-corrected chi connectivity index (χ4v) is 6.39. The molecule has 2 nitrogen and oxygen atoms in total. The Labute approximate surface area is 144 Å². The molecule has 2 aromatic carbocycles. The Kier molecular flexibility index (Phi) is 3.16. The van der Waals surface area contributed by atoms with Crippen molar-refractivity contribution in [3.8, 4) is 0 Å². The summed E-state index contributed by atoms with van der Waals surface area (Å²) in [5.74, 6) is 4.92. The van der Waals surface area contributed by atoms with Crippen molar-refractivity contribution < 1.29 is 0 Å². The number of benzene rings is 2. The number of nitrogens with two attached hydrogens (primary N) is 2. The van der Waals surface area contributed by atoms with E-state index < -0.39 is 0 Å². The fraction of sp³-hybridized carbons (Fsp3) is 0.455. The Balaban J connectivity index is 1.55. The minimum Gasteiger partial charge on any atom is -0.399 e. The predicted octanol–water partition coefficient (Wildman–Crippen LogP) is 4.78. The average Bonchev–Trinajstić information content (AvgIpc) is 2.57. The van der Waals surface area contributed by atoms with Crippen molar-refractivity contribution in [2.45, 2.75) is 37.5 Å². The summed E-state index contributed by atoms with van der Waals surface area (Å²) in [6.07, 6.45) is 5.68. The second-order valence-electron chi connectivity index (χ2n) is 8.38. The van der Waals surface area contributed by atoms with Crippen LogP contribution in [0.1, 0.15) is 48.6 Å². The Morgan fingerprint density at radius 3 is 1.50 bits per heavy atom. The predicted molar refractivity (Wildman–Crippen MR) is 99.6 cm³/mol. The molecule has 0 saturated heterocycles. The lowest BCUT2D eigenvalue weighted by atomic mass is 9.46. The number of anilines is 2. The molecule has 6 rings (SSSR count). The van der Waals surface area contributed by atoms with E-state index in [1.165, 1.54) is 36.8 Å². The first-order chi connectivity index (χ1) is 11.7. The molecule has 124 valence electrons. The molecule has 4 aliphatic carbocycles. The Morgan fingerprint density at radius 1 is 0.583 bits per heavy atom. The smallest absolute Gasteiger partial charge is 0.0314 e. The van der Waals surface area contributed by atoms with Gasteiger partial charge < -0.3 is 11.5 Å². The van der Waals surface area contributed by atoms with Crippen LogP contribution >= 0.6 is 0 Å². The maximum absolute atomic E-state index is 5.92. The number of nitrogen functional groups attached to an aromatic ring is 2. The molecule has 4 unspecified atom stereocenters. The lowest BCUT2D eigenvalue weighted by Crippen LogP contribution is -2.48.